The van der Waals surface area contributed by atoms with Gasteiger partial charge < -0.3 is 4.42 Å². The summed E-state index contributed by atoms with van der Waals surface area (Å²) in [4.78, 5) is 8.25. The van der Waals surface area contributed by atoms with E-state index in [4.69, 9.17) is 4.42 Å². The molecule has 0 aliphatic heterocycles. The van der Waals surface area contributed by atoms with Crippen LogP contribution in [-0.4, -0.2) is 9.97 Å². The van der Waals surface area contributed by atoms with Gasteiger partial charge in [-0.25, -0.2) is 9.97 Å². The molecule has 2 aromatic rings. The highest BCUT2D eigenvalue weighted by atomic mass is 16.3. The summed E-state index contributed by atoms with van der Waals surface area (Å²) in [6.07, 6.45) is 6.88. The average Bonchev–Trinajstić information content (AvgIpc) is 2.69. The molecule has 0 amide bonds. The molecule has 0 unspecified atom stereocenters. The molecule has 0 spiro atoms. The van der Waals surface area contributed by atoms with Crippen LogP contribution in [0.2, 0.25) is 0 Å². The third kappa shape index (κ3) is 2.15. The van der Waals surface area contributed by atoms with E-state index in [9.17, 15) is 0 Å². The smallest absolute Gasteiger partial charge is 0.128 e. The van der Waals surface area contributed by atoms with Crippen molar-refractivity contribution < 1.29 is 4.42 Å². The first-order valence-corrected chi connectivity index (χ1v) is 4.23. The van der Waals surface area contributed by atoms with Crippen LogP contribution in [0.1, 0.15) is 11.6 Å². The fourth-order valence-corrected chi connectivity index (χ4v) is 1.15. The second-order valence-corrected chi connectivity index (χ2v) is 2.74. The van der Waals surface area contributed by atoms with Crippen molar-refractivity contribution in [1.29, 1.82) is 0 Å². The molecular formula is C10H10N2O. The molecule has 0 aromatic carbocycles. The highest BCUT2D eigenvalue weighted by Crippen LogP contribution is 2.03. The van der Waals surface area contributed by atoms with E-state index in [-0.39, 0.29) is 0 Å². The third-order valence-electron chi connectivity index (χ3n) is 1.79. The quantitative estimate of drug-likeness (QED) is 0.712. The Bertz CT molecular complexity index is 342. The topological polar surface area (TPSA) is 38.9 Å². The predicted octanol–water partition coefficient (Wildman–Crippen LogP) is 1.85. The van der Waals surface area contributed by atoms with Crippen molar-refractivity contribution in [3.8, 4) is 0 Å². The van der Waals surface area contributed by atoms with Crippen LogP contribution in [0.5, 0.6) is 0 Å². The molecule has 0 fully saturated rings. The summed E-state index contributed by atoms with van der Waals surface area (Å²) in [5.74, 6) is 1.84. The van der Waals surface area contributed by atoms with E-state index in [0.29, 0.717) is 0 Å². The van der Waals surface area contributed by atoms with Crippen LogP contribution in [0.4, 0.5) is 0 Å². The highest BCUT2D eigenvalue weighted by Gasteiger charge is 1.98. The largest absolute Gasteiger partial charge is 0.469 e. The van der Waals surface area contributed by atoms with Gasteiger partial charge >= 0.3 is 0 Å². The van der Waals surface area contributed by atoms with Gasteiger partial charge in [-0.15, -0.1) is 0 Å². The summed E-state index contributed by atoms with van der Waals surface area (Å²) in [7, 11) is 0. The van der Waals surface area contributed by atoms with Crippen molar-refractivity contribution in [2.45, 2.75) is 12.8 Å². The van der Waals surface area contributed by atoms with Crippen LogP contribution < -0.4 is 0 Å². The maximum Gasteiger partial charge on any atom is 0.128 e. The lowest BCUT2D eigenvalue weighted by molar-refractivity contribution is 0.506. The Balaban J connectivity index is 1.94. The number of furan rings is 1. The molecule has 2 rings (SSSR count). The van der Waals surface area contributed by atoms with Crippen molar-refractivity contribution in [2.24, 2.45) is 0 Å². The summed E-state index contributed by atoms with van der Waals surface area (Å²) in [6.45, 7) is 0. The van der Waals surface area contributed by atoms with E-state index in [1.54, 1.807) is 18.7 Å². The molecule has 0 saturated carbocycles. The molecule has 0 radical (unpaired) electrons. The molecule has 13 heavy (non-hydrogen) atoms. The van der Waals surface area contributed by atoms with Gasteiger partial charge in [-0.1, -0.05) is 0 Å². The zero-order valence-corrected chi connectivity index (χ0v) is 7.18. The van der Waals surface area contributed by atoms with E-state index in [1.807, 2.05) is 18.2 Å². The summed E-state index contributed by atoms with van der Waals surface area (Å²) in [6, 6.07) is 5.67. The first-order chi connectivity index (χ1) is 6.45. The van der Waals surface area contributed by atoms with Gasteiger partial charge in [-0.05, 0) is 18.2 Å². The molecule has 2 heterocycles. The number of nitrogens with zero attached hydrogens (tertiary/aromatic N) is 2. The van der Waals surface area contributed by atoms with Gasteiger partial charge in [0.2, 0.25) is 0 Å². The zero-order chi connectivity index (χ0) is 8.93. The molecule has 0 N–H and O–H groups in total. The minimum atomic E-state index is 0.828. The number of hydrogen-bond donors (Lipinski definition) is 0. The van der Waals surface area contributed by atoms with Crippen molar-refractivity contribution in [2.75, 3.05) is 0 Å². The lowest BCUT2D eigenvalue weighted by atomic mass is 10.2. The molecular weight excluding hydrogens is 164 g/mol. The molecule has 3 heteroatoms. The number of aryl methyl sites for hydroxylation is 2. The summed E-state index contributed by atoms with van der Waals surface area (Å²) in [5, 5.41) is 0. The first-order valence-electron chi connectivity index (χ1n) is 4.23. The highest BCUT2D eigenvalue weighted by molar-refractivity contribution is 5.00. The Kier molecular flexibility index (Phi) is 2.36. The lowest BCUT2D eigenvalue weighted by Crippen LogP contribution is -1.95. The minimum absolute atomic E-state index is 0.828. The molecule has 0 aliphatic carbocycles. The van der Waals surface area contributed by atoms with Crippen LogP contribution >= 0.6 is 0 Å². The molecule has 0 atom stereocenters. The second-order valence-electron chi connectivity index (χ2n) is 2.74. The van der Waals surface area contributed by atoms with E-state index in [0.717, 1.165) is 24.4 Å². The fourth-order valence-electron chi connectivity index (χ4n) is 1.15. The zero-order valence-electron chi connectivity index (χ0n) is 7.18. The van der Waals surface area contributed by atoms with Crippen molar-refractivity contribution in [1.82, 2.24) is 9.97 Å². The van der Waals surface area contributed by atoms with Crippen molar-refractivity contribution >= 4 is 0 Å². The normalized spacial score (nSPS) is 10.2. The van der Waals surface area contributed by atoms with Crippen LogP contribution in [0.3, 0.4) is 0 Å². The minimum Gasteiger partial charge on any atom is -0.469 e. The maximum absolute atomic E-state index is 5.20. The molecule has 0 bridgehead atoms. The van der Waals surface area contributed by atoms with Crippen LogP contribution in [0, 0.1) is 0 Å². The summed E-state index contributed by atoms with van der Waals surface area (Å²) in [5.41, 5.74) is 0. The number of hydrogen-bond acceptors (Lipinski definition) is 3. The molecule has 2 aromatic heterocycles. The Labute approximate surface area is 76.5 Å². The average molecular weight is 174 g/mol. The van der Waals surface area contributed by atoms with Gasteiger partial charge in [0, 0.05) is 25.2 Å². The van der Waals surface area contributed by atoms with Crippen LogP contribution in [0.25, 0.3) is 0 Å². The van der Waals surface area contributed by atoms with Gasteiger partial charge in [0.1, 0.15) is 11.6 Å². The number of rotatable bonds is 3. The monoisotopic (exact) mass is 174 g/mol. The van der Waals surface area contributed by atoms with Gasteiger partial charge in [-0.3, -0.25) is 0 Å². The van der Waals surface area contributed by atoms with Gasteiger partial charge in [0.05, 0.1) is 6.26 Å². The van der Waals surface area contributed by atoms with Gasteiger partial charge in [-0.2, -0.15) is 0 Å². The van der Waals surface area contributed by atoms with E-state index in [2.05, 4.69) is 9.97 Å². The summed E-state index contributed by atoms with van der Waals surface area (Å²) < 4.78 is 5.20. The fraction of sp³-hybridized carbons (Fsp3) is 0.200. The lowest BCUT2D eigenvalue weighted by Gasteiger charge is -1.95. The van der Waals surface area contributed by atoms with Gasteiger partial charge in [0.15, 0.2) is 0 Å². The van der Waals surface area contributed by atoms with Crippen LogP contribution in [-0.2, 0) is 12.8 Å². The Morgan fingerprint density at radius 1 is 1.08 bits per heavy atom. The molecule has 66 valence electrons. The molecule has 0 aliphatic rings. The molecule has 3 nitrogen and oxygen atoms in total. The number of aromatic nitrogens is 2. The van der Waals surface area contributed by atoms with Gasteiger partial charge in [0.25, 0.3) is 0 Å². The van der Waals surface area contributed by atoms with E-state index in [1.165, 1.54) is 0 Å². The third-order valence-corrected chi connectivity index (χ3v) is 1.79. The SMILES string of the molecule is c1cnc(CCc2ccco2)nc1. The Morgan fingerprint density at radius 2 is 1.92 bits per heavy atom. The maximum atomic E-state index is 5.20. The first kappa shape index (κ1) is 7.98. The summed E-state index contributed by atoms with van der Waals surface area (Å²) >= 11 is 0. The van der Waals surface area contributed by atoms with Crippen molar-refractivity contribution in [3.05, 3.63) is 48.4 Å². The molecule has 0 saturated heterocycles. The standard InChI is InChI=1S/C10H10N2O/c1-3-9(13-8-1)4-5-10-11-6-2-7-12-10/h1-3,6-8H,4-5H2. The van der Waals surface area contributed by atoms with E-state index < -0.39 is 0 Å². The van der Waals surface area contributed by atoms with E-state index >= 15 is 0 Å². The predicted molar refractivity (Wildman–Crippen MR) is 48.1 cm³/mol. The Morgan fingerprint density at radius 3 is 2.62 bits per heavy atom. The van der Waals surface area contributed by atoms with Crippen molar-refractivity contribution in [3.63, 3.8) is 0 Å². The van der Waals surface area contributed by atoms with Crippen LogP contribution in [0.15, 0.2) is 41.3 Å². The second kappa shape index (κ2) is 3.85. The Hall–Kier alpha value is -1.64.